The molecule has 0 saturated carbocycles. The first kappa shape index (κ1) is 22.3. The lowest BCUT2D eigenvalue weighted by molar-refractivity contribution is 0.0932. The molecule has 3 N–H and O–H groups in total. The summed E-state index contributed by atoms with van der Waals surface area (Å²) in [6, 6.07) is 13.9. The quantitative estimate of drug-likeness (QED) is 0.769. The summed E-state index contributed by atoms with van der Waals surface area (Å²) in [5.41, 5.74) is 11.0. The van der Waals surface area contributed by atoms with Crippen LogP contribution in [0.5, 0.6) is 0 Å². The number of hydrogen-bond donors (Lipinski definition) is 2. The number of nitrogens with two attached hydrogens (primary N) is 1. The van der Waals surface area contributed by atoms with Crippen molar-refractivity contribution >= 4 is 36.4 Å². The number of anilines is 1. The third kappa shape index (κ3) is 5.37. The Balaban J connectivity index is 0.00000169. The molecule has 0 bridgehead atoms. The number of halogens is 2. The highest BCUT2D eigenvalue weighted by atomic mass is 35.5. The molecule has 0 aliphatic heterocycles. The van der Waals surface area contributed by atoms with E-state index in [2.05, 4.69) is 22.3 Å². The Labute approximate surface area is 168 Å². The van der Waals surface area contributed by atoms with Gasteiger partial charge in [-0.3, -0.25) is 4.79 Å². The number of carbonyl (C=O) groups excluding carboxylic acids is 1. The van der Waals surface area contributed by atoms with Gasteiger partial charge in [0.15, 0.2) is 0 Å². The third-order valence-electron chi connectivity index (χ3n) is 4.47. The van der Waals surface area contributed by atoms with Gasteiger partial charge in [0.1, 0.15) is 0 Å². The molecule has 0 aromatic heterocycles. The van der Waals surface area contributed by atoms with Crippen molar-refractivity contribution in [1.29, 1.82) is 0 Å². The fourth-order valence-electron chi connectivity index (χ4n) is 3.40. The first-order chi connectivity index (χ1) is 11.5. The van der Waals surface area contributed by atoms with E-state index in [-0.39, 0.29) is 36.8 Å². The van der Waals surface area contributed by atoms with Gasteiger partial charge >= 0.3 is 0 Å². The summed E-state index contributed by atoms with van der Waals surface area (Å²) in [7, 11) is 4.05. The zero-order valence-corrected chi connectivity index (χ0v) is 16.8. The molecular weight excluding hydrogens is 369 g/mol. The van der Waals surface area contributed by atoms with Crippen LogP contribution in [-0.4, -0.2) is 24.9 Å². The summed E-state index contributed by atoms with van der Waals surface area (Å²) in [5, 5.41) is 3.20. The van der Waals surface area contributed by atoms with Crippen LogP contribution in [0, 0.1) is 0 Å². The molecule has 6 heteroatoms. The number of nitrogens with one attached hydrogen (secondary N) is 1. The van der Waals surface area contributed by atoms with Crippen molar-refractivity contribution in [1.82, 2.24) is 10.2 Å². The minimum Gasteiger partial charge on any atom is -0.399 e. The minimum atomic E-state index is -0.00900. The van der Waals surface area contributed by atoms with E-state index in [4.69, 9.17) is 5.73 Å². The van der Waals surface area contributed by atoms with Gasteiger partial charge in [-0.15, -0.1) is 24.8 Å². The van der Waals surface area contributed by atoms with Gasteiger partial charge in [-0.1, -0.05) is 18.2 Å². The SMILES string of the molecule is CN(C)Cc1cccc(C(=O)NC2CCCc3cc(N)ccc32)c1.Cl.Cl. The van der Waals surface area contributed by atoms with Crippen LogP contribution in [0.25, 0.3) is 0 Å². The number of rotatable bonds is 4. The van der Waals surface area contributed by atoms with Crippen molar-refractivity contribution in [3.63, 3.8) is 0 Å². The van der Waals surface area contributed by atoms with Crippen LogP contribution in [0.15, 0.2) is 42.5 Å². The lowest BCUT2D eigenvalue weighted by atomic mass is 9.87. The highest BCUT2D eigenvalue weighted by Gasteiger charge is 2.22. The normalized spacial score (nSPS) is 15.4. The molecule has 1 unspecified atom stereocenters. The number of aryl methyl sites for hydroxylation is 1. The average Bonchev–Trinajstić information content (AvgIpc) is 2.54. The van der Waals surface area contributed by atoms with Gasteiger partial charge < -0.3 is 16.0 Å². The van der Waals surface area contributed by atoms with Crippen LogP contribution in [0.3, 0.4) is 0 Å². The molecule has 26 heavy (non-hydrogen) atoms. The van der Waals surface area contributed by atoms with Gasteiger partial charge in [-0.2, -0.15) is 0 Å². The molecule has 142 valence electrons. The van der Waals surface area contributed by atoms with Crippen molar-refractivity contribution < 1.29 is 4.79 Å². The Bertz CT molecular complexity index is 750. The van der Waals surface area contributed by atoms with E-state index in [0.717, 1.165) is 42.6 Å². The maximum atomic E-state index is 12.7. The van der Waals surface area contributed by atoms with Crippen molar-refractivity contribution in [2.75, 3.05) is 19.8 Å². The Morgan fingerprint density at radius 3 is 2.69 bits per heavy atom. The van der Waals surface area contributed by atoms with Gasteiger partial charge in [0, 0.05) is 17.8 Å². The molecule has 2 aromatic carbocycles. The van der Waals surface area contributed by atoms with Crippen LogP contribution in [-0.2, 0) is 13.0 Å². The lowest BCUT2D eigenvalue weighted by Gasteiger charge is -2.26. The summed E-state index contributed by atoms with van der Waals surface area (Å²) in [6.45, 7) is 0.826. The van der Waals surface area contributed by atoms with E-state index >= 15 is 0 Å². The number of nitrogen functional groups attached to an aromatic ring is 1. The fourth-order valence-corrected chi connectivity index (χ4v) is 3.40. The van der Waals surface area contributed by atoms with E-state index < -0.39 is 0 Å². The zero-order chi connectivity index (χ0) is 17.1. The second kappa shape index (κ2) is 9.81. The van der Waals surface area contributed by atoms with E-state index in [9.17, 15) is 4.79 Å². The number of hydrogen-bond acceptors (Lipinski definition) is 3. The summed E-state index contributed by atoms with van der Waals surface area (Å²) in [6.07, 6.45) is 3.08. The van der Waals surface area contributed by atoms with Crippen LogP contribution in [0.1, 0.15) is 45.9 Å². The summed E-state index contributed by atoms with van der Waals surface area (Å²) >= 11 is 0. The maximum absolute atomic E-state index is 12.7. The molecule has 0 fully saturated rings. The predicted octanol–water partition coefficient (Wildman–Crippen LogP) is 3.98. The molecule has 1 aliphatic carbocycles. The third-order valence-corrected chi connectivity index (χ3v) is 4.47. The van der Waals surface area contributed by atoms with Gasteiger partial charge in [0.2, 0.25) is 0 Å². The van der Waals surface area contributed by atoms with Crippen LogP contribution >= 0.6 is 24.8 Å². The van der Waals surface area contributed by atoms with Gasteiger partial charge in [0.05, 0.1) is 6.04 Å². The van der Waals surface area contributed by atoms with Gasteiger partial charge in [0.25, 0.3) is 5.91 Å². The van der Waals surface area contributed by atoms with Crippen molar-refractivity contribution in [2.24, 2.45) is 0 Å². The van der Waals surface area contributed by atoms with E-state index in [1.807, 2.05) is 44.4 Å². The van der Waals surface area contributed by atoms with E-state index in [1.165, 1.54) is 11.1 Å². The zero-order valence-electron chi connectivity index (χ0n) is 15.2. The largest absolute Gasteiger partial charge is 0.399 e. The van der Waals surface area contributed by atoms with E-state index in [0.29, 0.717) is 0 Å². The Morgan fingerprint density at radius 2 is 1.96 bits per heavy atom. The molecule has 0 saturated heterocycles. The van der Waals surface area contributed by atoms with Gasteiger partial charge in [-0.05, 0) is 74.3 Å². The highest BCUT2D eigenvalue weighted by molar-refractivity contribution is 5.94. The van der Waals surface area contributed by atoms with E-state index in [1.54, 1.807) is 0 Å². The number of amides is 1. The molecule has 3 rings (SSSR count). The number of carbonyl (C=O) groups is 1. The number of benzene rings is 2. The van der Waals surface area contributed by atoms with Crippen LogP contribution in [0.2, 0.25) is 0 Å². The maximum Gasteiger partial charge on any atom is 0.251 e. The molecule has 0 radical (unpaired) electrons. The topological polar surface area (TPSA) is 58.4 Å². The second-order valence-corrected chi connectivity index (χ2v) is 6.81. The molecule has 0 spiro atoms. The molecule has 2 aromatic rings. The highest BCUT2D eigenvalue weighted by Crippen LogP contribution is 2.31. The first-order valence-electron chi connectivity index (χ1n) is 8.46. The summed E-state index contributed by atoms with van der Waals surface area (Å²) in [5.74, 6) is -0.00900. The predicted molar refractivity (Wildman–Crippen MR) is 112 cm³/mol. The average molecular weight is 396 g/mol. The van der Waals surface area contributed by atoms with Crippen LogP contribution in [0.4, 0.5) is 5.69 Å². The first-order valence-corrected chi connectivity index (χ1v) is 8.46. The Hall–Kier alpha value is -1.75. The lowest BCUT2D eigenvalue weighted by Crippen LogP contribution is -2.31. The monoisotopic (exact) mass is 395 g/mol. The standard InChI is InChI=1S/C20H25N3O.2ClH/c1-23(2)13-14-5-3-7-16(11-14)20(24)22-19-8-4-6-15-12-17(21)9-10-18(15)19;;/h3,5,7,9-12,19H,4,6,8,13,21H2,1-2H3,(H,22,24);2*1H. The molecule has 1 atom stereocenters. The summed E-state index contributed by atoms with van der Waals surface area (Å²) < 4.78 is 0. The number of fused-ring (bicyclic) bond motifs is 1. The van der Waals surface area contributed by atoms with Gasteiger partial charge in [-0.25, -0.2) is 0 Å². The number of nitrogens with zero attached hydrogens (tertiary/aromatic N) is 1. The molecule has 1 aliphatic rings. The van der Waals surface area contributed by atoms with Crippen LogP contribution < -0.4 is 11.1 Å². The molecular formula is C20H27Cl2N3O. The minimum absolute atomic E-state index is 0. The smallest absolute Gasteiger partial charge is 0.251 e. The molecule has 1 amide bonds. The Morgan fingerprint density at radius 1 is 1.19 bits per heavy atom. The molecule has 4 nitrogen and oxygen atoms in total. The van der Waals surface area contributed by atoms with Crippen molar-refractivity contribution in [2.45, 2.75) is 31.8 Å². The molecule has 0 heterocycles. The van der Waals surface area contributed by atoms with Crippen molar-refractivity contribution in [3.05, 3.63) is 64.7 Å². The Kier molecular flexibility index (Phi) is 8.41. The second-order valence-electron chi connectivity index (χ2n) is 6.81. The summed E-state index contributed by atoms with van der Waals surface area (Å²) in [4.78, 5) is 14.8. The van der Waals surface area contributed by atoms with Crippen molar-refractivity contribution in [3.8, 4) is 0 Å². The fraction of sp³-hybridized carbons (Fsp3) is 0.350.